The van der Waals surface area contributed by atoms with Gasteiger partial charge in [0.1, 0.15) is 11.9 Å². The molecule has 1 saturated heterocycles. The SMILES string of the molecule is [C-]#[N+]c1cccc(C(=O)N2C[C@H](OC)C[C@@H]2C(=O)Nc2cc(C(N)(CCC3CC3)c3ccncc3)ccc2F)c1. The lowest BCUT2D eigenvalue weighted by atomic mass is 9.79. The van der Waals surface area contributed by atoms with Crippen molar-refractivity contribution in [2.45, 2.75) is 49.8 Å². The van der Waals surface area contributed by atoms with Gasteiger partial charge in [-0.05, 0) is 60.2 Å². The maximum absolute atomic E-state index is 15.1. The van der Waals surface area contributed by atoms with Crippen molar-refractivity contribution in [2.75, 3.05) is 19.0 Å². The number of aromatic nitrogens is 1. The Labute approximate surface area is 233 Å². The molecule has 3 aromatic rings. The Morgan fingerprint density at radius 3 is 2.65 bits per heavy atom. The minimum absolute atomic E-state index is 0.000993. The Hall–Kier alpha value is -4.13. The fourth-order valence-corrected chi connectivity index (χ4v) is 5.37. The molecule has 2 aromatic carbocycles. The summed E-state index contributed by atoms with van der Waals surface area (Å²) < 4.78 is 20.6. The number of carbonyl (C=O) groups is 2. The molecule has 1 unspecified atom stereocenters. The Balaban J connectivity index is 1.41. The van der Waals surface area contributed by atoms with E-state index in [1.165, 1.54) is 37.0 Å². The summed E-state index contributed by atoms with van der Waals surface area (Å²) >= 11 is 0. The van der Waals surface area contributed by atoms with Crippen molar-refractivity contribution >= 4 is 23.2 Å². The fourth-order valence-electron chi connectivity index (χ4n) is 5.37. The highest BCUT2D eigenvalue weighted by atomic mass is 19.1. The van der Waals surface area contributed by atoms with Crippen molar-refractivity contribution in [1.82, 2.24) is 9.88 Å². The van der Waals surface area contributed by atoms with Gasteiger partial charge in [0.05, 0.1) is 23.9 Å². The number of amides is 2. The van der Waals surface area contributed by atoms with Crippen molar-refractivity contribution in [2.24, 2.45) is 11.7 Å². The van der Waals surface area contributed by atoms with Crippen molar-refractivity contribution in [1.29, 1.82) is 0 Å². The number of halogens is 1. The molecule has 2 fully saturated rings. The van der Waals surface area contributed by atoms with E-state index >= 15 is 4.39 Å². The smallest absolute Gasteiger partial charge is 0.253 e. The molecule has 40 heavy (non-hydrogen) atoms. The minimum Gasteiger partial charge on any atom is -0.380 e. The van der Waals surface area contributed by atoms with E-state index in [-0.39, 0.29) is 24.8 Å². The number of nitrogens with two attached hydrogens (primary N) is 1. The van der Waals surface area contributed by atoms with Gasteiger partial charge in [-0.2, -0.15) is 0 Å². The third kappa shape index (κ3) is 5.74. The van der Waals surface area contributed by atoms with E-state index in [1.54, 1.807) is 42.7 Å². The van der Waals surface area contributed by atoms with Crippen LogP contribution in [0.3, 0.4) is 0 Å². The van der Waals surface area contributed by atoms with E-state index in [0.29, 0.717) is 29.2 Å². The Bertz CT molecular complexity index is 1440. The molecule has 206 valence electrons. The molecule has 2 amide bonds. The van der Waals surface area contributed by atoms with E-state index < -0.39 is 29.2 Å². The second kappa shape index (κ2) is 11.5. The number of ether oxygens (including phenoxy) is 1. The minimum atomic E-state index is -0.886. The molecule has 2 heterocycles. The topological polar surface area (TPSA) is 102 Å². The summed E-state index contributed by atoms with van der Waals surface area (Å²) in [7, 11) is 1.53. The maximum Gasteiger partial charge on any atom is 0.253 e. The summed E-state index contributed by atoms with van der Waals surface area (Å²) in [4.78, 5) is 35.8. The van der Waals surface area contributed by atoms with Gasteiger partial charge in [-0.15, -0.1) is 0 Å². The Kier molecular flexibility index (Phi) is 7.92. The molecular weight excluding hydrogens is 509 g/mol. The second-order valence-corrected chi connectivity index (χ2v) is 10.6. The molecule has 8 nitrogen and oxygen atoms in total. The fraction of sp³-hybridized carbons (Fsp3) is 0.355. The molecule has 9 heteroatoms. The van der Waals surface area contributed by atoms with E-state index in [4.69, 9.17) is 17.0 Å². The average molecular weight is 542 g/mol. The number of benzene rings is 2. The van der Waals surface area contributed by atoms with Gasteiger partial charge >= 0.3 is 0 Å². The van der Waals surface area contributed by atoms with Gasteiger partial charge in [-0.25, -0.2) is 9.24 Å². The lowest BCUT2D eigenvalue weighted by Gasteiger charge is -2.31. The summed E-state index contributed by atoms with van der Waals surface area (Å²) in [6, 6.07) is 13.8. The first-order valence-electron chi connectivity index (χ1n) is 13.4. The van der Waals surface area contributed by atoms with Crippen LogP contribution in [0.5, 0.6) is 0 Å². The normalized spacial score (nSPS) is 20.0. The molecule has 1 aliphatic carbocycles. The van der Waals surface area contributed by atoms with E-state index in [1.807, 2.05) is 12.1 Å². The predicted octanol–water partition coefficient (Wildman–Crippen LogP) is 5.03. The number of nitrogens with one attached hydrogen (secondary N) is 1. The zero-order valence-corrected chi connectivity index (χ0v) is 22.3. The Morgan fingerprint density at radius 2 is 1.95 bits per heavy atom. The molecule has 0 spiro atoms. The maximum atomic E-state index is 15.1. The number of hydrogen-bond donors (Lipinski definition) is 2. The second-order valence-electron chi connectivity index (χ2n) is 10.6. The molecule has 1 saturated carbocycles. The van der Waals surface area contributed by atoms with Crippen LogP contribution >= 0.6 is 0 Å². The van der Waals surface area contributed by atoms with E-state index in [9.17, 15) is 9.59 Å². The summed E-state index contributed by atoms with van der Waals surface area (Å²) in [6.07, 6.45) is 7.28. The summed E-state index contributed by atoms with van der Waals surface area (Å²) in [5, 5.41) is 2.72. The Morgan fingerprint density at radius 1 is 1.18 bits per heavy atom. The van der Waals surface area contributed by atoms with Crippen LogP contribution in [0.15, 0.2) is 67.0 Å². The first-order valence-corrected chi connectivity index (χ1v) is 13.4. The van der Waals surface area contributed by atoms with E-state index in [2.05, 4.69) is 15.1 Å². The lowest BCUT2D eigenvalue weighted by molar-refractivity contribution is -0.119. The molecule has 5 rings (SSSR count). The van der Waals surface area contributed by atoms with Gasteiger partial charge in [0.2, 0.25) is 5.91 Å². The average Bonchev–Trinajstić information content (AvgIpc) is 3.72. The number of anilines is 1. The number of hydrogen-bond acceptors (Lipinski definition) is 5. The number of nitrogens with zero attached hydrogens (tertiary/aromatic N) is 3. The quantitative estimate of drug-likeness (QED) is 0.370. The van der Waals surface area contributed by atoms with Crippen LogP contribution in [-0.2, 0) is 15.1 Å². The number of rotatable bonds is 9. The molecular formula is C31H32FN5O3. The molecule has 3 atom stereocenters. The number of methoxy groups -OCH3 is 1. The van der Waals surface area contributed by atoms with Crippen molar-refractivity contribution in [3.63, 3.8) is 0 Å². The zero-order chi connectivity index (χ0) is 28.3. The molecule has 1 aromatic heterocycles. The van der Waals surface area contributed by atoms with Gasteiger partial charge in [-0.3, -0.25) is 14.6 Å². The van der Waals surface area contributed by atoms with Crippen LogP contribution in [-0.4, -0.2) is 47.5 Å². The van der Waals surface area contributed by atoms with Gasteiger partial charge in [-0.1, -0.05) is 37.1 Å². The monoisotopic (exact) mass is 541 g/mol. The highest BCUT2D eigenvalue weighted by Gasteiger charge is 2.40. The van der Waals surface area contributed by atoms with Crippen LogP contribution in [0.4, 0.5) is 15.8 Å². The molecule has 0 radical (unpaired) electrons. The third-order valence-electron chi connectivity index (χ3n) is 7.96. The molecule has 2 aliphatic rings. The molecule has 1 aliphatic heterocycles. The van der Waals surface area contributed by atoms with Crippen LogP contribution in [0.1, 0.15) is 53.6 Å². The zero-order valence-electron chi connectivity index (χ0n) is 22.3. The van der Waals surface area contributed by atoms with E-state index in [0.717, 1.165) is 12.0 Å². The summed E-state index contributed by atoms with van der Waals surface area (Å²) in [5.41, 5.74) is 8.31. The first-order chi connectivity index (χ1) is 19.3. The predicted molar refractivity (Wildman–Crippen MR) is 149 cm³/mol. The van der Waals surface area contributed by atoms with Crippen molar-refractivity contribution in [3.05, 3.63) is 101 Å². The lowest BCUT2D eigenvalue weighted by Crippen LogP contribution is -2.43. The van der Waals surface area contributed by atoms with Crippen LogP contribution in [0, 0.1) is 18.3 Å². The van der Waals surface area contributed by atoms with Gasteiger partial charge < -0.3 is 20.7 Å². The standard InChI is InChI=1S/C31H32FN5O3/c1-34-24-5-3-4-21(16-24)30(39)37-19-25(40-2)18-28(37)29(38)36-27-17-23(8-9-26(27)32)31(33,13-10-20-6-7-20)22-11-14-35-15-12-22/h3-5,8-9,11-12,14-17,20,25,28H,6-7,10,13,18-19,33H2,2H3,(H,36,38)/t25-,28-,31?/m1/s1. The highest BCUT2D eigenvalue weighted by molar-refractivity contribution is 6.02. The van der Waals surface area contributed by atoms with Crippen molar-refractivity contribution < 1.29 is 18.7 Å². The third-order valence-corrected chi connectivity index (χ3v) is 7.96. The number of carbonyl (C=O) groups excluding carboxylic acids is 2. The van der Waals surface area contributed by atoms with Crippen LogP contribution < -0.4 is 11.1 Å². The van der Waals surface area contributed by atoms with Gasteiger partial charge in [0, 0.05) is 38.0 Å². The summed E-state index contributed by atoms with van der Waals surface area (Å²) in [5.74, 6) is -0.854. The molecule has 0 bridgehead atoms. The molecule has 3 N–H and O–H groups in total. The van der Waals surface area contributed by atoms with Crippen molar-refractivity contribution in [3.8, 4) is 0 Å². The highest BCUT2D eigenvalue weighted by Crippen LogP contribution is 2.40. The number of pyridine rings is 1. The first kappa shape index (κ1) is 27.4. The van der Waals surface area contributed by atoms with Gasteiger partial charge in [0.25, 0.3) is 5.91 Å². The van der Waals surface area contributed by atoms with Crippen LogP contribution in [0.2, 0.25) is 0 Å². The summed E-state index contributed by atoms with van der Waals surface area (Å²) in [6.45, 7) is 7.44. The number of likely N-dealkylation sites (tertiary alicyclic amines) is 1. The van der Waals surface area contributed by atoms with Gasteiger partial charge in [0.15, 0.2) is 5.69 Å². The largest absolute Gasteiger partial charge is 0.380 e. The van der Waals surface area contributed by atoms with Crippen LogP contribution in [0.25, 0.3) is 4.85 Å².